The molecule has 0 saturated heterocycles. The molecule has 1 atom stereocenters. The molecule has 0 aliphatic carbocycles. The highest BCUT2D eigenvalue weighted by Crippen LogP contribution is 2.31. The van der Waals surface area contributed by atoms with Gasteiger partial charge in [0.1, 0.15) is 5.82 Å². The molecule has 78 valence electrons. The van der Waals surface area contributed by atoms with Gasteiger partial charge in [0, 0.05) is 10.6 Å². The van der Waals surface area contributed by atoms with Crippen LogP contribution in [-0.2, 0) is 0 Å². The number of benzene rings is 1. The summed E-state index contributed by atoms with van der Waals surface area (Å²) in [4.78, 5) is 0. The first-order valence-electron chi connectivity index (χ1n) is 4.26. The minimum atomic E-state index is -0.731. The molecule has 1 aromatic carbocycles. The highest BCUT2D eigenvalue weighted by molar-refractivity contribution is 9.10. The lowest BCUT2D eigenvalue weighted by atomic mass is 9.99. The van der Waals surface area contributed by atoms with E-state index in [9.17, 15) is 9.50 Å². The molecule has 0 bridgehead atoms. The topological polar surface area (TPSA) is 20.2 Å². The van der Waals surface area contributed by atoms with Crippen molar-refractivity contribution in [1.29, 1.82) is 0 Å². The number of hydrogen-bond donors (Lipinski definition) is 1. The van der Waals surface area contributed by atoms with E-state index >= 15 is 0 Å². The molecular formula is C10H11BrClFO. The summed E-state index contributed by atoms with van der Waals surface area (Å²) in [5, 5.41) is 10.1. The van der Waals surface area contributed by atoms with E-state index in [1.165, 1.54) is 12.1 Å². The fraction of sp³-hybridized carbons (Fsp3) is 0.400. The van der Waals surface area contributed by atoms with Crippen LogP contribution in [0.5, 0.6) is 0 Å². The van der Waals surface area contributed by atoms with E-state index in [0.717, 1.165) is 0 Å². The molecule has 4 heteroatoms. The van der Waals surface area contributed by atoms with Crippen LogP contribution in [0.15, 0.2) is 16.6 Å². The molecule has 1 unspecified atom stereocenters. The molecule has 0 saturated carbocycles. The quantitative estimate of drug-likeness (QED) is 0.814. The summed E-state index contributed by atoms with van der Waals surface area (Å²) in [6.07, 6.45) is -0.731. The molecule has 0 aromatic heterocycles. The Morgan fingerprint density at radius 2 is 2.00 bits per heavy atom. The van der Waals surface area contributed by atoms with Gasteiger partial charge in [-0.1, -0.05) is 25.4 Å². The maximum absolute atomic E-state index is 13.2. The molecule has 14 heavy (non-hydrogen) atoms. The summed E-state index contributed by atoms with van der Waals surface area (Å²) in [6.45, 7) is 3.70. The summed E-state index contributed by atoms with van der Waals surface area (Å²) in [7, 11) is 0. The SMILES string of the molecule is CC(C)C(O)c1cc(F)c(Br)cc1Cl. The average molecular weight is 282 g/mol. The standard InChI is InChI=1S/C10H11BrClFO/c1-5(2)10(14)6-3-9(13)7(11)4-8(6)12/h3-5,10,14H,1-2H3. The normalized spacial score (nSPS) is 13.4. The van der Waals surface area contributed by atoms with Crippen LogP contribution in [0, 0.1) is 11.7 Å². The molecule has 0 aliphatic heterocycles. The summed E-state index contributed by atoms with van der Waals surface area (Å²) in [5.74, 6) is -0.405. The van der Waals surface area contributed by atoms with E-state index in [-0.39, 0.29) is 5.92 Å². The largest absolute Gasteiger partial charge is 0.388 e. The van der Waals surface area contributed by atoms with E-state index < -0.39 is 11.9 Å². The van der Waals surface area contributed by atoms with Crippen LogP contribution < -0.4 is 0 Å². The highest BCUT2D eigenvalue weighted by Gasteiger charge is 2.17. The van der Waals surface area contributed by atoms with Gasteiger partial charge in [0.05, 0.1) is 10.6 Å². The van der Waals surface area contributed by atoms with Crippen molar-refractivity contribution in [2.24, 2.45) is 5.92 Å². The zero-order valence-electron chi connectivity index (χ0n) is 7.89. The van der Waals surface area contributed by atoms with Gasteiger partial charge in [-0.05, 0) is 34.0 Å². The van der Waals surface area contributed by atoms with Gasteiger partial charge < -0.3 is 5.11 Å². The molecule has 1 rings (SSSR count). The zero-order valence-corrected chi connectivity index (χ0v) is 10.2. The van der Waals surface area contributed by atoms with Gasteiger partial charge in [-0.25, -0.2) is 4.39 Å². The van der Waals surface area contributed by atoms with E-state index in [4.69, 9.17) is 11.6 Å². The molecule has 0 radical (unpaired) electrons. The van der Waals surface area contributed by atoms with Gasteiger partial charge in [-0.15, -0.1) is 0 Å². The molecular weight excluding hydrogens is 270 g/mol. The van der Waals surface area contributed by atoms with Crippen LogP contribution in [0.2, 0.25) is 5.02 Å². The Bertz CT molecular complexity index is 341. The minimum Gasteiger partial charge on any atom is -0.388 e. The van der Waals surface area contributed by atoms with Gasteiger partial charge in [-0.2, -0.15) is 0 Å². The first-order valence-corrected chi connectivity index (χ1v) is 5.43. The third-order valence-corrected chi connectivity index (χ3v) is 2.92. The van der Waals surface area contributed by atoms with Crippen molar-refractivity contribution in [1.82, 2.24) is 0 Å². The molecule has 0 aliphatic rings. The lowest BCUT2D eigenvalue weighted by Crippen LogP contribution is -2.06. The molecule has 1 N–H and O–H groups in total. The van der Waals surface area contributed by atoms with Gasteiger partial charge in [0.15, 0.2) is 0 Å². The van der Waals surface area contributed by atoms with Crippen LogP contribution in [0.1, 0.15) is 25.5 Å². The van der Waals surface area contributed by atoms with Gasteiger partial charge in [0.25, 0.3) is 0 Å². The van der Waals surface area contributed by atoms with Crippen molar-refractivity contribution < 1.29 is 9.50 Å². The molecule has 0 spiro atoms. The molecule has 0 heterocycles. The number of hydrogen-bond acceptors (Lipinski definition) is 1. The molecule has 1 aromatic rings. The number of halogens is 3. The first-order chi connectivity index (χ1) is 6.43. The Kier molecular flexibility index (Phi) is 3.93. The maximum Gasteiger partial charge on any atom is 0.137 e. The highest BCUT2D eigenvalue weighted by atomic mass is 79.9. The van der Waals surface area contributed by atoms with Crippen molar-refractivity contribution in [2.45, 2.75) is 20.0 Å². The minimum absolute atomic E-state index is 0.00748. The van der Waals surface area contributed by atoms with E-state index in [1.807, 2.05) is 13.8 Å². The van der Waals surface area contributed by atoms with E-state index in [1.54, 1.807) is 0 Å². The van der Waals surface area contributed by atoms with E-state index in [2.05, 4.69) is 15.9 Å². The lowest BCUT2D eigenvalue weighted by molar-refractivity contribution is 0.126. The van der Waals surface area contributed by atoms with Crippen molar-refractivity contribution in [3.05, 3.63) is 33.0 Å². The lowest BCUT2D eigenvalue weighted by Gasteiger charge is -2.16. The van der Waals surface area contributed by atoms with Crippen molar-refractivity contribution in [3.8, 4) is 0 Å². The summed E-state index contributed by atoms with van der Waals surface area (Å²) in [6, 6.07) is 2.72. The van der Waals surface area contributed by atoms with Crippen LogP contribution in [0.25, 0.3) is 0 Å². The first kappa shape index (κ1) is 12.0. The molecule has 0 amide bonds. The second kappa shape index (κ2) is 4.60. The van der Waals surface area contributed by atoms with Crippen molar-refractivity contribution >= 4 is 27.5 Å². The number of rotatable bonds is 2. The number of aliphatic hydroxyl groups excluding tert-OH is 1. The monoisotopic (exact) mass is 280 g/mol. The fourth-order valence-corrected chi connectivity index (χ4v) is 1.87. The predicted molar refractivity (Wildman–Crippen MR) is 58.9 cm³/mol. The van der Waals surface area contributed by atoms with Gasteiger partial charge in [0.2, 0.25) is 0 Å². The Labute approximate surface area is 96.0 Å². The smallest absolute Gasteiger partial charge is 0.137 e. The second-order valence-corrected chi connectivity index (χ2v) is 4.74. The molecule has 1 nitrogen and oxygen atoms in total. The van der Waals surface area contributed by atoms with Gasteiger partial charge in [-0.3, -0.25) is 0 Å². The predicted octanol–water partition coefficient (Wildman–Crippen LogP) is 3.93. The number of aliphatic hydroxyl groups is 1. The summed E-state index contributed by atoms with van der Waals surface area (Å²) >= 11 is 8.91. The van der Waals surface area contributed by atoms with Gasteiger partial charge >= 0.3 is 0 Å². The van der Waals surface area contributed by atoms with Crippen LogP contribution in [0.3, 0.4) is 0 Å². The third-order valence-electron chi connectivity index (χ3n) is 1.99. The van der Waals surface area contributed by atoms with Crippen LogP contribution >= 0.6 is 27.5 Å². The molecule has 0 fully saturated rings. The van der Waals surface area contributed by atoms with Crippen LogP contribution in [-0.4, -0.2) is 5.11 Å². The summed E-state index contributed by atoms with van der Waals surface area (Å²) < 4.78 is 13.5. The fourth-order valence-electron chi connectivity index (χ4n) is 1.12. The Morgan fingerprint density at radius 3 is 2.50 bits per heavy atom. The second-order valence-electron chi connectivity index (χ2n) is 3.48. The Balaban J connectivity index is 3.15. The van der Waals surface area contributed by atoms with Crippen molar-refractivity contribution in [3.63, 3.8) is 0 Å². The maximum atomic E-state index is 13.2. The third kappa shape index (κ3) is 2.47. The Hall–Kier alpha value is -0.120. The van der Waals surface area contributed by atoms with Crippen LogP contribution in [0.4, 0.5) is 4.39 Å². The zero-order chi connectivity index (χ0) is 10.9. The summed E-state index contributed by atoms with van der Waals surface area (Å²) in [5.41, 5.74) is 0.433. The van der Waals surface area contributed by atoms with E-state index in [0.29, 0.717) is 15.1 Å². The van der Waals surface area contributed by atoms with Crippen molar-refractivity contribution in [2.75, 3.05) is 0 Å². The Morgan fingerprint density at radius 1 is 1.43 bits per heavy atom. The average Bonchev–Trinajstić information content (AvgIpc) is 2.10.